The molecule has 0 N–H and O–H groups in total. The minimum absolute atomic E-state index is 0.140. The molecule has 4 rings (SSSR count). The van der Waals surface area contributed by atoms with E-state index in [1.54, 1.807) is 15.6 Å². The number of amides is 1. The predicted molar refractivity (Wildman–Crippen MR) is 92.7 cm³/mol. The number of halogens is 1. The number of fused-ring (bicyclic) bond motifs is 1. The standard InChI is InChI=1S/C17H16ClN5O2/c1-11-15(17(24)22-6-8-25-9-7-22)20-21-16-14(10-19-23(11)16)12-2-4-13(18)5-3-12/h2-5,10H,6-9H2,1H3. The Kier molecular flexibility index (Phi) is 4.10. The molecule has 0 saturated carbocycles. The van der Waals surface area contributed by atoms with Crippen molar-refractivity contribution < 1.29 is 9.53 Å². The lowest BCUT2D eigenvalue weighted by Gasteiger charge is -2.26. The highest BCUT2D eigenvalue weighted by Gasteiger charge is 2.24. The van der Waals surface area contributed by atoms with Gasteiger partial charge < -0.3 is 9.64 Å². The second-order valence-electron chi connectivity index (χ2n) is 5.84. The molecule has 0 spiro atoms. The van der Waals surface area contributed by atoms with Gasteiger partial charge in [0.2, 0.25) is 0 Å². The van der Waals surface area contributed by atoms with Crippen molar-refractivity contribution in [2.45, 2.75) is 6.92 Å². The van der Waals surface area contributed by atoms with Crippen molar-refractivity contribution in [3.8, 4) is 11.1 Å². The van der Waals surface area contributed by atoms with Crippen molar-refractivity contribution in [1.82, 2.24) is 24.7 Å². The number of nitrogens with zero attached hydrogens (tertiary/aromatic N) is 5. The number of morpholine rings is 1. The van der Waals surface area contributed by atoms with Crippen LogP contribution in [0.1, 0.15) is 16.2 Å². The second kappa shape index (κ2) is 6.42. The first kappa shape index (κ1) is 16.0. The van der Waals surface area contributed by atoms with E-state index in [4.69, 9.17) is 16.3 Å². The molecular weight excluding hydrogens is 342 g/mol. The first-order chi connectivity index (χ1) is 12.1. The molecule has 1 amide bonds. The van der Waals surface area contributed by atoms with E-state index in [0.717, 1.165) is 11.1 Å². The van der Waals surface area contributed by atoms with E-state index in [9.17, 15) is 4.79 Å². The lowest BCUT2D eigenvalue weighted by molar-refractivity contribution is 0.0297. The summed E-state index contributed by atoms with van der Waals surface area (Å²) in [5.74, 6) is -0.140. The van der Waals surface area contributed by atoms with Crippen molar-refractivity contribution in [2.75, 3.05) is 26.3 Å². The second-order valence-corrected chi connectivity index (χ2v) is 6.28. The molecule has 1 fully saturated rings. The lowest BCUT2D eigenvalue weighted by Crippen LogP contribution is -2.41. The van der Waals surface area contributed by atoms with Crippen LogP contribution in [0.2, 0.25) is 5.02 Å². The fourth-order valence-corrected chi connectivity index (χ4v) is 3.03. The van der Waals surface area contributed by atoms with Crippen molar-refractivity contribution in [1.29, 1.82) is 0 Å². The van der Waals surface area contributed by atoms with Crippen LogP contribution in [0.25, 0.3) is 16.8 Å². The van der Waals surface area contributed by atoms with E-state index in [1.165, 1.54) is 0 Å². The molecule has 0 unspecified atom stereocenters. The zero-order chi connectivity index (χ0) is 17.4. The van der Waals surface area contributed by atoms with Gasteiger partial charge in [-0.15, -0.1) is 10.2 Å². The monoisotopic (exact) mass is 357 g/mol. The predicted octanol–water partition coefficient (Wildman–Crippen LogP) is 2.23. The van der Waals surface area contributed by atoms with E-state index in [0.29, 0.717) is 48.4 Å². The van der Waals surface area contributed by atoms with Crippen molar-refractivity contribution in [3.63, 3.8) is 0 Å². The molecule has 1 aliphatic heterocycles. The summed E-state index contributed by atoms with van der Waals surface area (Å²) in [6, 6.07) is 7.44. The molecule has 8 heteroatoms. The molecule has 7 nitrogen and oxygen atoms in total. The number of aryl methyl sites for hydroxylation is 1. The van der Waals surface area contributed by atoms with Gasteiger partial charge in [0, 0.05) is 23.7 Å². The molecule has 2 aromatic heterocycles. The zero-order valence-electron chi connectivity index (χ0n) is 13.6. The minimum atomic E-state index is -0.140. The number of hydrogen-bond donors (Lipinski definition) is 0. The third-order valence-electron chi connectivity index (χ3n) is 4.31. The number of carbonyl (C=O) groups excluding carboxylic acids is 1. The average Bonchev–Trinajstić information content (AvgIpc) is 3.08. The van der Waals surface area contributed by atoms with Crippen LogP contribution in [0.4, 0.5) is 0 Å². The molecule has 128 valence electrons. The average molecular weight is 358 g/mol. The molecule has 0 radical (unpaired) electrons. The molecule has 0 bridgehead atoms. The number of hydrogen-bond acceptors (Lipinski definition) is 5. The third-order valence-corrected chi connectivity index (χ3v) is 4.56. The summed E-state index contributed by atoms with van der Waals surface area (Å²) < 4.78 is 6.95. The Hall–Kier alpha value is -2.51. The van der Waals surface area contributed by atoms with Crippen LogP contribution in [0.3, 0.4) is 0 Å². The van der Waals surface area contributed by atoms with Crippen LogP contribution in [0.15, 0.2) is 30.5 Å². The summed E-state index contributed by atoms with van der Waals surface area (Å²) in [4.78, 5) is 14.4. The molecule has 1 aliphatic rings. The zero-order valence-corrected chi connectivity index (χ0v) is 14.4. The fraction of sp³-hybridized carbons (Fsp3) is 0.294. The Morgan fingerprint density at radius 2 is 1.88 bits per heavy atom. The van der Waals surface area contributed by atoms with Gasteiger partial charge in [0.15, 0.2) is 11.3 Å². The Balaban J connectivity index is 1.74. The van der Waals surface area contributed by atoms with Gasteiger partial charge in [0.25, 0.3) is 5.91 Å². The van der Waals surface area contributed by atoms with Gasteiger partial charge in [-0.05, 0) is 24.6 Å². The fourth-order valence-electron chi connectivity index (χ4n) is 2.90. The Morgan fingerprint density at radius 1 is 1.16 bits per heavy atom. The SMILES string of the molecule is Cc1c(C(=O)N2CCOCC2)nnc2c(-c3ccc(Cl)cc3)cnn12. The lowest BCUT2D eigenvalue weighted by atomic mass is 10.1. The van der Waals surface area contributed by atoms with Crippen LogP contribution < -0.4 is 0 Å². The van der Waals surface area contributed by atoms with Crippen LogP contribution in [-0.4, -0.2) is 56.9 Å². The van der Waals surface area contributed by atoms with Crippen molar-refractivity contribution in [2.24, 2.45) is 0 Å². The van der Waals surface area contributed by atoms with E-state index in [-0.39, 0.29) is 5.91 Å². The summed E-state index contributed by atoms with van der Waals surface area (Å²) in [6.07, 6.45) is 1.73. The van der Waals surface area contributed by atoms with Gasteiger partial charge in [-0.3, -0.25) is 4.79 Å². The number of carbonyl (C=O) groups is 1. The number of rotatable bonds is 2. The Labute approximate surface area is 149 Å². The molecule has 25 heavy (non-hydrogen) atoms. The highest BCUT2D eigenvalue weighted by atomic mass is 35.5. The summed E-state index contributed by atoms with van der Waals surface area (Å²) >= 11 is 5.95. The number of benzene rings is 1. The summed E-state index contributed by atoms with van der Waals surface area (Å²) in [6.45, 7) is 4.04. The van der Waals surface area contributed by atoms with Crippen LogP contribution in [0.5, 0.6) is 0 Å². The van der Waals surface area contributed by atoms with Crippen LogP contribution >= 0.6 is 11.6 Å². The minimum Gasteiger partial charge on any atom is -0.378 e. The van der Waals surface area contributed by atoms with Gasteiger partial charge in [-0.2, -0.15) is 5.10 Å². The smallest absolute Gasteiger partial charge is 0.276 e. The van der Waals surface area contributed by atoms with Gasteiger partial charge >= 0.3 is 0 Å². The number of ether oxygens (including phenoxy) is 1. The van der Waals surface area contributed by atoms with E-state index < -0.39 is 0 Å². The molecule has 0 atom stereocenters. The quantitative estimate of drug-likeness (QED) is 0.703. The summed E-state index contributed by atoms with van der Waals surface area (Å²) in [5.41, 5.74) is 3.39. The van der Waals surface area contributed by atoms with Gasteiger partial charge in [0.05, 0.1) is 25.1 Å². The highest BCUT2D eigenvalue weighted by Crippen LogP contribution is 2.25. The largest absolute Gasteiger partial charge is 0.378 e. The van der Waals surface area contributed by atoms with E-state index in [1.807, 2.05) is 31.2 Å². The van der Waals surface area contributed by atoms with E-state index >= 15 is 0 Å². The molecular formula is C17H16ClN5O2. The number of aromatic nitrogens is 4. The molecule has 1 saturated heterocycles. The Bertz CT molecular complexity index is 932. The molecule has 3 heterocycles. The molecule has 0 aliphatic carbocycles. The van der Waals surface area contributed by atoms with Gasteiger partial charge in [-0.1, -0.05) is 23.7 Å². The van der Waals surface area contributed by atoms with Crippen molar-refractivity contribution >= 4 is 23.2 Å². The van der Waals surface area contributed by atoms with Gasteiger partial charge in [-0.25, -0.2) is 4.52 Å². The first-order valence-electron chi connectivity index (χ1n) is 7.99. The maximum atomic E-state index is 12.7. The third kappa shape index (κ3) is 2.85. The Morgan fingerprint density at radius 3 is 2.60 bits per heavy atom. The summed E-state index contributed by atoms with van der Waals surface area (Å²) in [5, 5.41) is 13.5. The summed E-state index contributed by atoms with van der Waals surface area (Å²) in [7, 11) is 0. The normalized spacial score (nSPS) is 14.9. The molecule has 3 aromatic rings. The highest BCUT2D eigenvalue weighted by molar-refractivity contribution is 6.30. The van der Waals surface area contributed by atoms with Gasteiger partial charge in [0.1, 0.15) is 0 Å². The first-order valence-corrected chi connectivity index (χ1v) is 8.37. The molecule has 1 aromatic carbocycles. The maximum absolute atomic E-state index is 12.7. The van der Waals surface area contributed by atoms with Crippen LogP contribution in [0, 0.1) is 6.92 Å². The maximum Gasteiger partial charge on any atom is 0.276 e. The van der Waals surface area contributed by atoms with E-state index in [2.05, 4.69) is 15.3 Å². The van der Waals surface area contributed by atoms with Crippen LogP contribution in [-0.2, 0) is 4.74 Å². The topological polar surface area (TPSA) is 72.6 Å². The van der Waals surface area contributed by atoms with Crippen molar-refractivity contribution in [3.05, 3.63) is 46.9 Å².